The monoisotopic (exact) mass is 823 g/mol. The summed E-state index contributed by atoms with van der Waals surface area (Å²) in [5.74, 6) is 1.52. The van der Waals surface area contributed by atoms with Crippen LogP contribution in [0.5, 0.6) is 11.5 Å². The number of benzene rings is 4. The number of ether oxygens (including phenoxy) is 1. The van der Waals surface area contributed by atoms with Crippen molar-refractivity contribution in [1.82, 2.24) is 33.9 Å². The summed E-state index contributed by atoms with van der Waals surface area (Å²) in [6.07, 6.45) is 10.8. The third kappa shape index (κ3) is 8.53. The fraction of sp³-hybridized carbons (Fsp3) is 0.200. The van der Waals surface area contributed by atoms with Crippen LogP contribution in [0.25, 0.3) is 33.6 Å². The third-order valence-corrected chi connectivity index (χ3v) is 11.2. The van der Waals surface area contributed by atoms with Crippen LogP contribution in [0.2, 0.25) is 0 Å². The van der Waals surface area contributed by atoms with Crippen LogP contribution in [-0.4, -0.2) is 45.7 Å². The van der Waals surface area contributed by atoms with Crippen molar-refractivity contribution in [2.45, 2.75) is 61.1 Å². The molecular weight excluding hydrogens is 775 g/mol. The van der Waals surface area contributed by atoms with E-state index in [9.17, 15) is 9.59 Å². The number of aryl methyl sites for hydroxylation is 5. The summed E-state index contributed by atoms with van der Waals surface area (Å²) in [6.45, 7) is 15.2. The van der Waals surface area contributed by atoms with Crippen molar-refractivity contribution in [3.05, 3.63) is 167 Å². The molecule has 0 atom stereocenters. The highest BCUT2D eigenvalue weighted by atomic mass is 16.5. The maximum absolute atomic E-state index is 13.7. The summed E-state index contributed by atoms with van der Waals surface area (Å²) in [6, 6.07) is 26.9. The Morgan fingerprint density at radius 1 is 0.645 bits per heavy atom. The molecule has 0 saturated carbocycles. The highest BCUT2D eigenvalue weighted by Gasteiger charge is 2.20. The van der Waals surface area contributed by atoms with Gasteiger partial charge in [-0.05, 0) is 142 Å². The molecule has 4 heterocycles. The fourth-order valence-electron chi connectivity index (χ4n) is 7.77. The highest BCUT2D eigenvalue weighted by molar-refractivity contribution is 6.04. The normalized spacial score (nSPS) is 11.2. The molecule has 12 nitrogen and oxygen atoms in total. The van der Waals surface area contributed by atoms with Gasteiger partial charge in [0.15, 0.2) is 0 Å². The Kier molecular flexibility index (Phi) is 11.4. The summed E-state index contributed by atoms with van der Waals surface area (Å²) in [5, 5.41) is 10.7. The predicted molar refractivity (Wildman–Crippen MR) is 244 cm³/mol. The first kappa shape index (κ1) is 41.1. The minimum Gasteiger partial charge on any atom is -0.456 e. The fourth-order valence-corrected chi connectivity index (χ4v) is 7.77. The number of nitrogens with zero attached hydrogens (tertiary/aromatic N) is 7. The van der Waals surface area contributed by atoms with Crippen molar-refractivity contribution in [3.8, 4) is 45.1 Å². The van der Waals surface area contributed by atoms with E-state index in [1.807, 2.05) is 59.2 Å². The zero-order valence-corrected chi connectivity index (χ0v) is 36.2. The van der Waals surface area contributed by atoms with Crippen LogP contribution in [0.3, 0.4) is 0 Å². The lowest BCUT2D eigenvalue weighted by atomic mass is 9.95. The molecule has 312 valence electrons. The van der Waals surface area contributed by atoms with E-state index in [2.05, 4.69) is 103 Å². The van der Waals surface area contributed by atoms with Gasteiger partial charge < -0.3 is 13.9 Å². The van der Waals surface area contributed by atoms with Crippen LogP contribution < -0.4 is 15.4 Å². The summed E-state index contributed by atoms with van der Waals surface area (Å²) in [5.41, 5.74) is 13.7. The van der Waals surface area contributed by atoms with E-state index >= 15 is 0 Å². The molecule has 0 aliphatic rings. The van der Waals surface area contributed by atoms with E-state index in [0.717, 1.165) is 50.3 Å². The lowest BCUT2D eigenvalue weighted by Crippen LogP contribution is -2.17. The van der Waals surface area contributed by atoms with Crippen molar-refractivity contribution in [3.63, 3.8) is 0 Å². The Bertz CT molecular complexity index is 2960. The van der Waals surface area contributed by atoms with E-state index in [0.29, 0.717) is 41.1 Å². The minimum absolute atomic E-state index is 0.0745. The van der Waals surface area contributed by atoms with Gasteiger partial charge in [0.2, 0.25) is 11.9 Å². The number of aromatic nitrogens is 7. The number of carbonyl (C=O) groups excluding carboxylic acids is 2. The van der Waals surface area contributed by atoms with Crippen LogP contribution in [0, 0.1) is 34.6 Å². The predicted octanol–water partition coefficient (Wildman–Crippen LogP) is 10.7. The molecule has 0 fully saturated rings. The van der Waals surface area contributed by atoms with Crippen LogP contribution in [0.4, 0.5) is 11.9 Å². The average molecular weight is 824 g/mol. The van der Waals surface area contributed by atoms with Crippen molar-refractivity contribution < 1.29 is 14.3 Å². The molecule has 0 unspecified atom stereocenters. The topological polar surface area (TPSA) is 134 Å². The molecular formula is C50H49N9O3. The Morgan fingerprint density at radius 3 is 2.02 bits per heavy atom. The molecule has 12 heteroatoms. The Hall–Kier alpha value is -7.60. The van der Waals surface area contributed by atoms with Gasteiger partial charge in [-0.1, -0.05) is 30.3 Å². The van der Waals surface area contributed by atoms with Gasteiger partial charge >= 0.3 is 0 Å². The van der Waals surface area contributed by atoms with Crippen molar-refractivity contribution in [2.24, 2.45) is 7.05 Å². The first-order chi connectivity index (χ1) is 29.8. The van der Waals surface area contributed by atoms with Crippen LogP contribution in [0.1, 0.15) is 74.0 Å². The standard InChI is InChI=1S/C50H49N9O3/c1-30(2)59-46(44-19-32(4)31(3)18-33(44)5)27-53-50(59)56-47(60)37-13-9-12-36(22-37)28-58-29-39(24-54-58)42-20-35(7)43(21-34(42)6)45-26-52-49(57(45)8)55-48(61)38-14-10-15-40(23-38)62-41-16-11-17-51-25-41/h9-27,29-30H,28H2,1-8H3,(H,52,55,61)(H,53,56,60). The van der Waals surface area contributed by atoms with E-state index in [-0.39, 0.29) is 17.9 Å². The molecule has 2 N–H and O–H groups in total. The molecule has 8 aromatic rings. The van der Waals surface area contributed by atoms with Gasteiger partial charge in [-0.3, -0.25) is 29.9 Å². The van der Waals surface area contributed by atoms with E-state index in [1.54, 1.807) is 55.0 Å². The number of anilines is 2. The van der Waals surface area contributed by atoms with Gasteiger partial charge in [0.25, 0.3) is 11.8 Å². The van der Waals surface area contributed by atoms with Crippen molar-refractivity contribution in [2.75, 3.05) is 10.6 Å². The molecule has 0 aliphatic carbocycles. The molecule has 2 amide bonds. The van der Waals surface area contributed by atoms with E-state index < -0.39 is 0 Å². The number of carbonyl (C=O) groups is 2. The zero-order chi connectivity index (χ0) is 43.7. The second kappa shape index (κ2) is 17.2. The van der Waals surface area contributed by atoms with E-state index in [1.165, 1.54) is 16.7 Å². The number of hydrogen-bond acceptors (Lipinski definition) is 7. The van der Waals surface area contributed by atoms with Gasteiger partial charge in [-0.2, -0.15) is 5.10 Å². The minimum atomic E-state index is -0.301. The second-order valence-corrected chi connectivity index (χ2v) is 16.0. The molecule has 0 bridgehead atoms. The average Bonchev–Trinajstić information content (AvgIpc) is 3.99. The Morgan fingerprint density at radius 2 is 1.26 bits per heavy atom. The van der Waals surface area contributed by atoms with Gasteiger partial charge in [0.05, 0.1) is 42.7 Å². The lowest BCUT2D eigenvalue weighted by molar-refractivity contribution is 0.101. The Balaban J connectivity index is 0.945. The smallest absolute Gasteiger partial charge is 0.258 e. The Labute approximate surface area is 361 Å². The highest BCUT2D eigenvalue weighted by Crippen LogP contribution is 2.34. The summed E-state index contributed by atoms with van der Waals surface area (Å²) < 4.78 is 11.7. The molecule has 4 aromatic carbocycles. The lowest BCUT2D eigenvalue weighted by Gasteiger charge is -2.18. The SMILES string of the molecule is Cc1cc(C)c(-c2cnc(NC(=O)c3cccc(Cn4cc(-c5cc(C)c(-c6cnc(NC(=O)c7cccc(Oc8cccnc8)c7)n6C)cc5C)cn4)c3)n2C(C)C)cc1C. The molecule has 0 radical (unpaired) electrons. The van der Waals surface area contributed by atoms with Crippen LogP contribution in [-0.2, 0) is 13.6 Å². The number of amides is 2. The first-order valence-electron chi connectivity index (χ1n) is 20.5. The van der Waals surface area contributed by atoms with Crippen LogP contribution in [0.15, 0.2) is 122 Å². The maximum atomic E-state index is 13.7. The molecule has 0 saturated heterocycles. The van der Waals surface area contributed by atoms with Crippen molar-refractivity contribution >= 4 is 23.7 Å². The molecule has 8 rings (SSSR count). The van der Waals surface area contributed by atoms with Gasteiger partial charge in [-0.15, -0.1) is 0 Å². The van der Waals surface area contributed by atoms with Gasteiger partial charge in [0.1, 0.15) is 11.5 Å². The third-order valence-electron chi connectivity index (χ3n) is 11.2. The van der Waals surface area contributed by atoms with Gasteiger partial charge in [-0.25, -0.2) is 9.97 Å². The molecule has 4 aromatic heterocycles. The molecule has 0 aliphatic heterocycles. The number of rotatable bonds is 12. The second-order valence-electron chi connectivity index (χ2n) is 16.0. The largest absolute Gasteiger partial charge is 0.456 e. The number of pyridine rings is 1. The first-order valence-corrected chi connectivity index (χ1v) is 20.5. The molecule has 62 heavy (non-hydrogen) atoms. The number of hydrogen-bond donors (Lipinski definition) is 2. The summed E-state index contributed by atoms with van der Waals surface area (Å²) >= 11 is 0. The molecule has 0 spiro atoms. The summed E-state index contributed by atoms with van der Waals surface area (Å²) in [7, 11) is 1.88. The number of nitrogens with one attached hydrogen (secondary N) is 2. The quantitative estimate of drug-likeness (QED) is 0.125. The summed E-state index contributed by atoms with van der Waals surface area (Å²) in [4.78, 5) is 40.3. The van der Waals surface area contributed by atoms with Crippen LogP contribution >= 0.6 is 0 Å². The van der Waals surface area contributed by atoms with Gasteiger partial charge in [0, 0.05) is 53.3 Å². The maximum Gasteiger partial charge on any atom is 0.258 e. The zero-order valence-electron chi connectivity index (χ0n) is 36.2. The van der Waals surface area contributed by atoms with E-state index in [4.69, 9.17) is 9.84 Å². The number of imidazole rings is 2. The van der Waals surface area contributed by atoms with Crippen molar-refractivity contribution in [1.29, 1.82) is 0 Å².